The van der Waals surface area contributed by atoms with E-state index in [1.54, 1.807) is 24.5 Å². The predicted molar refractivity (Wildman–Crippen MR) is 93.6 cm³/mol. The molecule has 0 atom stereocenters. The number of nitrogens with zero attached hydrogens (tertiary/aromatic N) is 1. The van der Waals surface area contributed by atoms with Gasteiger partial charge in [0.2, 0.25) is 5.78 Å². The second-order valence-electron chi connectivity index (χ2n) is 7.00. The van der Waals surface area contributed by atoms with Gasteiger partial charge in [0.1, 0.15) is 24.0 Å². The first-order valence-electron chi connectivity index (χ1n) is 8.52. The maximum Gasteiger partial charge on any atom is 0.232 e. The summed E-state index contributed by atoms with van der Waals surface area (Å²) >= 11 is 0. The number of allylic oxidation sites excluding steroid dienone is 1. The molecule has 5 heteroatoms. The lowest BCUT2D eigenvalue weighted by molar-refractivity contribution is 0.0835. The first kappa shape index (κ1) is 16.0. The Morgan fingerprint density at radius 2 is 2.16 bits per heavy atom. The summed E-state index contributed by atoms with van der Waals surface area (Å²) in [6, 6.07) is 5.48. The highest BCUT2D eigenvalue weighted by Crippen LogP contribution is 2.43. The van der Waals surface area contributed by atoms with E-state index in [1.165, 1.54) is 0 Å². The molecule has 1 aromatic carbocycles. The molecule has 0 saturated carbocycles. The molecule has 2 aromatic rings. The van der Waals surface area contributed by atoms with E-state index in [1.807, 2.05) is 13.0 Å². The highest BCUT2D eigenvalue weighted by atomic mass is 16.5. The minimum Gasteiger partial charge on any atom is -0.477 e. The molecular weight excluding hydrogens is 318 g/mol. The van der Waals surface area contributed by atoms with Crippen molar-refractivity contribution >= 4 is 11.9 Å². The highest BCUT2D eigenvalue weighted by molar-refractivity contribution is 6.15. The Hall–Kier alpha value is -2.53. The van der Waals surface area contributed by atoms with Gasteiger partial charge in [-0.25, -0.2) is 0 Å². The molecule has 2 aliphatic rings. The molecule has 25 heavy (non-hydrogen) atoms. The minimum atomic E-state index is -0.113. The number of hydrogen-bond acceptors (Lipinski definition) is 5. The van der Waals surface area contributed by atoms with Crippen molar-refractivity contribution in [1.29, 1.82) is 0 Å². The molecule has 3 heterocycles. The van der Waals surface area contributed by atoms with Crippen LogP contribution in [0.15, 0.2) is 34.6 Å². The van der Waals surface area contributed by atoms with Crippen LogP contribution < -0.4 is 9.47 Å². The van der Waals surface area contributed by atoms with Gasteiger partial charge < -0.3 is 13.9 Å². The summed E-state index contributed by atoms with van der Waals surface area (Å²) < 4.78 is 17.1. The Kier molecular flexibility index (Phi) is 3.88. The molecule has 0 spiro atoms. The number of carbonyl (C=O) groups excluding carboxylic acids is 1. The molecule has 0 radical (unpaired) electrons. The summed E-state index contributed by atoms with van der Waals surface area (Å²) in [4.78, 5) is 15.0. The fraction of sp³-hybridized carbons (Fsp3) is 0.350. The van der Waals surface area contributed by atoms with E-state index in [4.69, 9.17) is 13.9 Å². The van der Waals surface area contributed by atoms with Crippen molar-refractivity contribution in [3.63, 3.8) is 0 Å². The van der Waals surface area contributed by atoms with E-state index in [0.717, 1.165) is 30.0 Å². The SMILES string of the molecule is Cc1c2c(cc3c1O/C(=C\c1ccco1)C3=O)CN(CC(C)C)CO2. The molecule has 0 aliphatic carbocycles. The van der Waals surface area contributed by atoms with Crippen molar-refractivity contribution in [2.24, 2.45) is 5.92 Å². The molecule has 0 amide bonds. The molecule has 1 aromatic heterocycles. The number of fused-ring (bicyclic) bond motifs is 2. The standard InChI is InChI=1S/C20H21NO4/c1-12(2)9-21-10-14-7-16-18(22)17(8-15-5-4-6-23-15)25-20(16)13(3)19(14)24-11-21/h4-8,12H,9-11H2,1-3H3/b17-8-. The van der Waals surface area contributed by atoms with Gasteiger partial charge >= 0.3 is 0 Å². The Labute approximate surface area is 146 Å². The predicted octanol–water partition coefficient (Wildman–Crippen LogP) is 4.01. The number of ketones is 1. The Morgan fingerprint density at radius 3 is 2.88 bits per heavy atom. The normalized spacial score (nSPS) is 18.2. The Balaban J connectivity index is 1.68. The average Bonchev–Trinajstić information content (AvgIpc) is 3.17. The van der Waals surface area contributed by atoms with Crippen LogP contribution in [-0.2, 0) is 6.54 Å². The van der Waals surface area contributed by atoms with Gasteiger partial charge in [0.25, 0.3) is 0 Å². The lowest BCUT2D eigenvalue weighted by Crippen LogP contribution is -2.35. The topological polar surface area (TPSA) is 51.9 Å². The van der Waals surface area contributed by atoms with E-state index >= 15 is 0 Å². The zero-order chi connectivity index (χ0) is 17.6. The van der Waals surface area contributed by atoms with E-state index < -0.39 is 0 Å². The molecule has 5 nitrogen and oxygen atoms in total. The fourth-order valence-electron chi connectivity index (χ4n) is 3.43. The van der Waals surface area contributed by atoms with Gasteiger partial charge in [-0.15, -0.1) is 0 Å². The van der Waals surface area contributed by atoms with Crippen molar-refractivity contribution in [2.75, 3.05) is 13.3 Å². The van der Waals surface area contributed by atoms with E-state index in [-0.39, 0.29) is 11.5 Å². The molecule has 0 N–H and O–H groups in total. The summed E-state index contributed by atoms with van der Waals surface area (Å²) in [5, 5.41) is 0. The smallest absolute Gasteiger partial charge is 0.232 e. The van der Waals surface area contributed by atoms with Crippen LogP contribution in [0.1, 0.15) is 41.1 Å². The maximum absolute atomic E-state index is 12.7. The number of benzene rings is 1. The monoisotopic (exact) mass is 339 g/mol. The summed E-state index contributed by atoms with van der Waals surface area (Å²) in [6.07, 6.45) is 3.20. The number of furan rings is 1. The maximum atomic E-state index is 12.7. The molecular formula is C20H21NO4. The van der Waals surface area contributed by atoms with Gasteiger partial charge in [-0.05, 0) is 31.0 Å². The van der Waals surface area contributed by atoms with Crippen LogP contribution in [0.5, 0.6) is 11.5 Å². The van der Waals surface area contributed by atoms with E-state index in [0.29, 0.717) is 29.7 Å². The van der Waals surface area contributed by atoms with Crippen molar-refractivity contribution in [2.45, 2.75) is 27.3 Å². The number of Topliss-reactive ketones (excluding diaryl/α,β-unsaturated/α-hetero) is 1. The Morgan fingerprint density at radius 1 is 1.32 bits per heavy atom. The zero-order valence-electron chi connectivity index (χ0n) is 14.7. The number of rotatable bonds is 3. The van der Waals surface area contributed by atoms with Crippen LogP contribution in [0.3, 0.4) is 0 Å². The van der Waals surface area contributed by atoms with Crippen LogP contribution in [-0.4, -0.2) is 24.0 Å². The van der Waals surface area contributed by atoms with Crippen LogP contribution in [0.4, 0.5) is 0 Å². The van der Waals surface area contributed by atoms with Gasteiger partial charge in [0.05, 0.1) is 11.8 Å². The first-order chi connectivity index (χ1) is 12.0. The second kappa shape index (κ2) is 6.08. The number of ether oxygens (including phenoxy) is 2. The third-order valence-corrected chi connectivity index (χ3v) is 4.44. The highest BCUT2D eigenvalue weighted by Gasteiger charge is 2.33. The zero-order valence-corrected chi connectivity index (χ0v) is 14.7. The fourth-order valence-corrected chi connectivity index (χ4v) is 3.43. The van der Waals surface area contributed by atoms with Crippen LogP contribution in [0.25, 0.3) is 6.08 Å². The lowest BCUT2D eigenvalue weighted by Gasteiger charge is -2.31. The molecule has 0 saturated heterocycles. The van der Waals surface area contributed by atoms with Crippen LogP contribution in [0.2, 0.25) is 0 Å². The summed E-state index contributed by atoms with van der Waals surface area (Å²) in [5.41, 5.74) is 2.52. The van der Waals surface area contributed by atoms with Gasteiger partial charge in [-0.3, -0.25) is 9.69 Å². The lowest BCUT2D eigenvalue weighted by atomic mass is 10.00. The molecule has 0 bridgehead atoms. The van der Waals surface area contributed by atoms with Crippen molar-refractivity contribution < 1.29 is 18.7 Å². The van der Waals surface area contributed by atoms with Crippen molar-refractivity contribution in [1.82, 2.24) is 4.90 Å². The molecule has 4 rings (SSSR count). The summed E-state index contributed by atoms with van der Waals surface area (Å²) in [7, 11) is 0. The van der Waals surface area contributed by atoms with E-state index in [9.17, 15) is 4.79 Å². The first-order valence-corrected chi connectivity index (χ1v) is 8.52. The quantitative estimate of drug-likeness (QED) is 0.791. The average molecular weight is 339 g/mol. The molecule has 0 unspecified atom stereocenters. The largest absolute Gasteiger partial charge is 0.477 e. The molecule has 2 aliphatic heterocycles. The van der Waals surface area contributed by atoms with Gasteiger partial charge in [0.15, 0.2) is 5.76 Å². The van der Waals surface area contributed by atoms with Crippen LogP contribution >= 0.6 is 0 Å². The second-order valence-corrected chi connectivity index (χ2v) is 7.00. The van der Waals surface area contributed by atoms with Crippen molar-refractivity contribution in [3.8, 4) is 11.5 Å². The molecule has 0 fully saturated rings. The minimum absolute atomic E-state index is 0.113. The summed E-state index contributed by atoms with van der Waals surface area (Å²) in [6.45, 7) is 8.63. The Bertz CT molecular complexity index is 849. The third-order valence-electron chi connectivity index (χ3n) is 4.44. The van der Waals surface area contributed by atoms with Crippen molar-refractivity contribution in [3.05, 3.63) is 52.7 Å². The van der Waals surface area contributed by atoms with Crippen LogP contribution in [0, 0.1) is 12.8 Å². The van der Waals surface area contributed by atoms with Gasteiger partial charge in [0, 0.05) is 30.3 Å². The third kappa shape index (κ3) is 2.85. The van der Waals surface area contributed by atoms with E-state index in [2.05, 4.69) is 18.7 Å². The van der Waals surface area contributed by atoms with Gasteiger partial charge in [-0.2, -0.15) is 0 Å². The summed E-state index contributed by atoms with van der Waals surface area (Å²) in [5.74, 6) is 2.77. The number of hydrogen-bond donors (Lipinski definition) is 0. The van der Waals surface area contributed by atoms with Gasteiger partial charge in [-0.1, -0.05) is 13.8 Å². The number of carbonyl (C=O) groups is 1. The molecule has 130 valence electrons.